The Hall–Kier alpha value is -2.06. The third kappa shape index (κ3) is 6.01. The number of hydrogen-bond acceptors (Lipinski definition) is 4. The van der Waals surface area contributed by atoms with E-state index in [1.54, 1.807) is 31.4 Å². The minimum absolute atomic E-state index is 0.0381. The number of methoxy groups -OCH3 is 1. The van der Waals surface area contributed by atoms with E-state index in [0.717, 1.165) is 25.7 Å². The zero-order chi connectivity index (χ0) is 22.3. The molecule has 1 aromatic carbocycles. The van der Waals surface area contributed by atoms with Crippen molar-refractivity contribution in [2.45, 2.75) is 51.9 Å². The Bertz CT molecular complexity index is 867. The molecular formula is C23H35N3O4S. The molecule has 1 aliphatic carbocycles. The van der Waals surface area contributed by atoms with Crippen molar-refractivity contribution >= 4 is 21.8 Å². The van der Waals surface area contributed by atoms with Crippen molar-refractivity contribution in [3.05, 3.63) is 35.9 Å². The number of rotatable bonds is 9. The van der Waals surface area contributed by atoms with Gasteiger partial charge in [0.2, 0.25) is 5.91 Å². The Labute approximate surface area is 186 Å². The number of piperidine rings is 1. The van der Waals surface area contributed by atoms with Gasteiger partial charge in [0.25, 0.3) is 0 Å². The maximum Gasteiger partial charge on any atom is 0.304 e. The summed E-state index contributed by atoms with van der Waals surface area (Å²) in [6, 6.07) is 6.99. The molecule has 2 aliphatic rings. The monoisotopic (exact) mass is 449 g/mol. The molecule has 31 heavy (non-hydrogen) atoms. The van der Waals surface area contributed by atoms with Gasteiger partial charge in [0.1, 0.15) is 5.75 Å². The van der Waals surface area contributed by atoms with Crippen molar-refractivity contribution < 1.29 is 17.9 Å². The summed E-state index contributed by atoms with van der Waals surface area (Å²) in [5.74, 6) is 0.332. The van der Waals surface area contributed by atoms with Crippen LogP contribution >= 0.6 is 0 Å². The topological polar surface area (TPSA) is 79.0 Å². The first-order chi connectivity index (χ1) is 15.0. The molecule has 1 aromatic rings. The lowest BCUT2D eigenvalue weighted by Crippen LogP contribution is -2.50. The fourth-order valence-corrected chi connectivity index (χ4v) is 6.08. The molecule has 1 fully saturated rings. The van der Waals surface area contributed by atoms with Crippen LogP contribution in [0, 0.1) is 5.92 Å². The van der Waals surface area contributed by atoms with Crippen LogP contribution in [-0.2, 0) is 15.0 Å². The second-order valence-electron chi connectivity index (χ2n) is 8.22. The summed E-state index contributed by atoms with van der Waals surface area (Å²) >= 11 is 0. The second-order valence-corrected chi connectivity index (χ2v) is 10.1. The third-order valence-electron chi connectivity index (χ3n) is 6.14. The summed E-state index contributed by atoms with van der Waals surface area (Å²) in [5, 5.41) is 3.03. The first-order valence-corrected chi connectivity index (χ1v) is 12.7. The van der Waals surface area contributed by atoms with Crippen LogP contribution in [0.3, 0.4) is 0 Å². The number of nitrogens with zero attached hydrogens (tertiary/aromatic N) is 2. The van der Waals surface area contributed by atoms with E-state index in [9.17, 15) is 13.2 Å². The lowest BCUT2D eigenvalue weighted by atomic mass is 9.96. The minimum atomic E-state index is -3.71. The highest BCUT2D eigenvalue weighted by atomic mass is 32.2. The second kappa shape index (κ2) is 11.0. The number of benzene rings is 1. The minimum Gasteiger partial charge on any atom is -0.497 e. The molecule has 0 spiro atoms. The summed E-state index contributed by atoms with van der Waals surface area (Å²) in [5.41, 5.74) is 2.02. The smallest absolute Gasteiger partial charge is 0.304 e. The summed E-state index contributed by atoms with van der Waals surface area (Å²) in [6.45, 7) is 3.42. The zero-order valence-electron chi connectivity index (χ0n) is 18.7. The largest absolute Gasteiger partial charge is 0.497 e. The quantitative estimate of drug-likeness (QED) is 0.586. The van der Waals surface area contributed by atoms with Crippen LogP contribution in [0.15, 0.2) is 35.9 Å². The Kier molecular flexibility index (Phi) is 8.37. The van der Waals surface area contributed by atoms with Crippen molar-refractivity contribution in [3.8, 4) is 5.75 Å². The summed E-state index contributed by atoms with van der Waals surface area (Å²) < 4.78 is 34.7. The van der Waals surface area contributed by atoms with Gasteiger partial charge in [0.15, 0.2) is 0 Å². The van der Waals surface area contributed by atoms with Gasteiger partial charge in [-0.15, -0.1) is 0 Å². The van der Waals surface area contributed by atoms with Gasteiger partial charge >= 0.3 is 10.2 Å². The molecule has 1 amide bonds. The number of amides is 1. The number of anilines is 1. The molecule has 172 valence electrons. The number of carbonyl (C=O) groups excluding carboxylic acids is 1. The maximum atomic E-state index is 13.3. The number of hydrogen-bond donors (Lipinski definition) is 1. The lowest BCUT2D eigenvalue weighted by Gasteiger charge is -2.35. The highest BCUT2D eigenvalue weighted by Gasteiger charge is 2.35. The van der Waals surface area contributed by atoms with Crippen molar-refractivity contribution in [2.24, 2.45) is 5.92 Å². The van der Waals surface area contributed by atoms with Crippen LogP contribution in [0.25, 0.3) is 0 Å². The van der Waals surface area contributed by atoms with Crippen LogP contribution in [0.2, 0.25) is 0 Å². The van der Waals surface area contributed by atoms with Gasteiger partial charge in [-0.2, -0.15) is 12.7 Å². The van der Waals surface area contributed by atoms with Crippen LogP contribution in [-0.4, -0.2) is 51.9 Å². The van der Waals surface area contributed by atoms with E-state index in [0.29, 0.717) is 37.5 Å². The molecule has 0 unspecified atom stereocenters. The third-order valence-corrected chi connectivity index (χ3v) is 8.15. The molecule has 8 heteroatoms. The van der Waals surface area contributed by atoms with Crippen LogP contribution in [0.5, 0.6) is 5.75 Å². The van der Waals surface area contributed by atoms with Crippen molar-refractivity contribution in [3.63, 3.8) is 0 Å². The first kappa shape index (κ1) is 23.6. The zero-order valence-corrected chi connectivity index (χ0v) is 19.5. The standard InChI is InChI=1S/C23H35N3O4S/c1-3-26(21-11-13-22(30-2)14-12-21)31(28,29)25-17-7-10-20(18-25)23(27)24-16-15-19-8-5-4-6-9-19/h8,11-14,20H,3-7,9-10,15-18H2,1-2H3,(H,24,27)/t20-/m0/s1. The van der Waals surface area contributed by atoms with Gasteiger partial charge in [0, 0.05) is 26.2 Å². The van der Waals surface area contributed by atoms with Gasteiger partial charge in [0.05, 0.1) is 18.7 Å². The van der Waals surface area contributed by atoms with Crippen molar-refractivity contribution in [1.29, 1.82) is 0 Å². The SMILES string of the molecule is CCN(c1ccc(OC)cc1)S(=O)(=O)N1CCC[C@H](C(=O)NCCC2=CCCCC2)C1. The van der Waals surface area contributed by atoms with E-state index in [2.05, 4.69) is 11.4 Å². The Morgan fingerprint density at radius 1 is 1.23 bits per heavy atom. The Balaban J connectivity index is 1.60. The van der Waals surface area contributed by atoms with Crippen molar-refractivity contribution in [1.82, 2.24) is 9.62 Å². The van der Waals surface area contributed by atoms with Crippen LogP contribution < -0.4 is 14.4 Å². The Morgan fingerprint density at radius 3 is 2.65 bits per heavy atom. The number of carbonyl (C=O) groups is 1. The fraction of sp³-hybridized carbons (Fsp3) is 0.609. The van der Waals surface area contributed by atoms with Crippen molar-refractivity contribution in [2.75, 3.05) is 37.6 Å². The van der Waals surface area contributed by atoms with E-state index >= 15 is 0 Å². The molecule has 1 saturated heterocycles. The van der Waals surface area contributed by atoms with Gasteiger partial charge < -0.3 is 10.1 Å². The van der Waals surface area contributed by atoms with Gasteiger partial charge in [-0.3, -0.25) is 9.10 Å². The first-order valence-electron chi connectivity index (χ1n) is 11.3. The van der Waals surface area contributed by atoms with E-state index in [1.165, 1.54) is 27.0 Å². The van der Waals surface area contributed by atoms with E-state index < -0.39 is 10.2 Å². The molecular weight excluding hydrogens is 414 g/mol. The molecule has 1 heterocycles. The molecule has 7 nitrogen and oxygen atoms in total. The fourth-order valence-electron chi connectivity index (χ4n) is 4.36. The van der Waals surface area contributed by atoms with E-state index in [1.807, 2.05) is 6.92 Å². The average Bonchev–Trinajstić information content (AvgIpc) is 2.80. The molecule has 0 saturated carbocycles. The molecule has 3 rings (SSSR count). The van der Waals surface area contributed by atoms with Crippen LogP contribution in [0.1, 0.15) is 51.9 Å². The predicted molar refractivity (Wildman–Crippen MR) is 123 cm³/mol. The van der Waals surface area contributed by atoms with Gasteiger partial charge in [-0.1, -0.05) is 11.6 Å². The molecule has 1 N–H and O–H groups in total. The number of allylic oxidation sites excluding steroid dienone is 1. The Morgan fingerprint density at radius 2 is 2.00 bits per heavy atom. The summed E-state index contributed by atoms with van der Waals surface area (Å²) in [4.78, 5) is 12.7. The van der Waals surface area contributed by atoms with Crippen LogP contribution in [0.4, 0.5) is 5.69 Å². The average molecular weight is 450 g/mol. The molecule has 0 aromatic heterocycles. The van der Waals surface area contributed by atoms with Gasteiger partial charge in [-0.25, -0.2) is 0 Å². The highest BCUT2D eigenvalue weighted by molar-refractivity contribution is 7.90. The van der Waals surface area contributed by atoms with Gasteiger partial charge in [-0.05, 0) is 76.1 Å². The number of ether oxygens (including phenoxy) is 1. The lowest BCUT2D eigenvalue weighted by molar-refractivity contribution is -0.126. The molecule has 1 aliphatic heterocycles. The van der Waals surface area contributed by atoms with E-state index in [4.69, 9.17) is 4.74 Å². The maximum absolute atomic E-state index is 13.3. The summed E-state index contributed by atoms with van der Waals surface area (Å²) in [7, 11) is -2.14. The molecule has 0 radical (unpaired) electrons. The number of nitrogens with one attached hydrogen (secondary N) is 1. The predicted octanol–water partition coefficient (Wildman–Crippen LogP) is 3.49. The molecule has 1 atom stereocenters. The summed E-state index contributed by atoms with van der Waals surface area (Å²) in [6.07, 6.45) is 9.34. The normalized spacial score (nSPS) is 20.1. The molecule has 0 bridgehead atoms. The van der Waals surface area contributed by atoms with E-state index in [-0.39, 0.29) is 18.4 Å². The highest BCUT2D eigenvalue weighted by Crippen LogP contribution is 2.27.